The van der Waals surface area contributed by atoms with Crippen LogP contribution in [0.1, 0.15) is 71.6 Å². The fourth-order valence-electron chi connectivity index (χ4n) is 1.90. The molecule has 0 aromatic heterocycles. The van der Waals surface area contributed by atoms with Gasteiger partial charge < -0.3 is 9.84 Å². The lowest BCUT2D eigenvalue weighted by atomic mass is 10.1. The first kappa shape index (κ1) is 15.9. The normalized spacial score (nSPS) is 12.9. The zero-order chi connectivity index (χ0) is 12.1. The molecule has 1 N–H and O–H groups in total. The highest BCUT2D eigenvalue weighted by molar-refractivity contribution is 4.52. The van der Waals surface area contributed by atoms with Crippen LogP contribution in [-0.4, -0.2) is 24.4 Å². The van der Waals surface area contributed by atoms with Crippen LogP contribution in [0.2, 0.25) is 0 Å². The summed E-state index contributed by atoms with van der Waals surface area (Å²) in [6, 6.07) is 0. The number of aliphatic hydroxyl groups is 1. The summed E-state index contributed by atoms with van der Waals surface area (Å²) in [6.45, 7) is 4.98. The van der Waals surface area contributed by atoms with Gasteiger partial charge in [0.05, 0.1) is 19.3 Å². The van der Waals surface area contributed by atoms with Crippen molar-refractivity contribution in [2.45, 2.75) is 77.7 Å². The third kappa shape index (κ3) is 12.0. The number of rotatable bonds is 12. The Kier molecular flexibility index (Phi) is 12.9. The lowest BCUT2D eigenvalue weighted by Crippen LogP contribution is -2.11. The molecule has 0 fully saturated rings. The molecule has 0 aliphatic carbocycles. The van der Waals surface area contributed by atoms with E-state index in [2.05, 4.69) is 13.8 Å². The second kappa shape index (κ2) is 13.0. The summed E-state index contributed by atoms with van der Waals surface area (Å²) in [7, 11) is 0. The van der Waals surface area contributed by atoms with E-state index in [4.69, 9.17) is 9.84 Å². The molecule has 0 aliphatic rings. The van der Waals surface area contributed by atoms with E-state index >= 15 is 0 Å². The van der Waals surface area contributed by atoms with Gasteiger partial charge in [-0.1, -0.05) is 58.3 Å². The Morgan fingerprint density at radius 2 is 1.50 bits per heavy atom. The summed E-state index contributed by atoms with van der Waals surface area (Å²) >= 11 is 0. The van der Waals surface area contributed by atoms with E-state index in [0.29, 0.717) is 12.7 Å². The highest BCUT2D eigenvalue weighted by Crippen LogP contribution is 2.11. The van der Waals surface area contributed by atoms with E-state index < -0.39 is 0 Å². The maximum absolute atomic E-state index is 8.60. The van der Waals surface area contributed by atoms with Crippen molar-refractivity contribution >= 4 is 0 Å². The Hall–Kier alpha value is -0.0800. The van der Waals surface area contributed by atoms with Gasteiger partial charge in [-0.05, 0) is 13.3 Å². The molecule has 0 radical (unpaired) electrons. The molecular formula is C14H30O2. The Morgan fingerprint density at radius 1 is 0.938 bits per heavy atom. The lowest BCUT2D eigenvalue weighted by molar-refractivity contribution is 0.0333. The van der Waals surface area contributed by atoms with Gasteiger partial charge in [-0.3, -0.25) is 0 Å². The number of unbranched alkanes of at least 4 members (excludes halogenated alkanes) is 7. The van der Waals surface area contributed by atoms with Crippen LogP contribution >= 0.6 is 0 Å². The molecule has 0 aliphatic heterocycles. The van der Waals surface area contributed by atoms with Crippen LogP contribution in [0.3, 0.4) is 0 Å². The molecule has 2 heteroatoms. The smallest absolute Gasteiger partial charge is 0.0701 e. The van der Waals surface area contributed by atoms with Gasteiger partial charge in [-0.25, -0.2) is 0 Å². The van der Waals surface area contributed by atoms with E-state index in [1.165, 1.54) is 51.4 Å². The zero-order valence-electron chi connectivity index (χ0n) is 11.2. The van der Waals surface area contributed by atoms with Gasteiger partial charge in [-0.2, -0.15) is 0 Å². The molecule has 0 spiro atoms. The van der Waals surface area contributed by atoms with Gasteiger partial charge in [0, 0.05) is 0 Å². The van der Waals surface area contributed by atoms with Crippen molar-refractivity contribution in [1.82, 2.24) is 0 Å². The molecule has 0 saturated heterocycles. The van der Waals surface area contributed by atoms with E-state index in [9.17, 15) is 0 Å². The number of aliphatic hydroxyl groups excluding tert-OH is 1. The quantitative estimate of drug-likeness (QED) is 0.515. The zero-order valence-corrected chi connectivity index (χ0v) is 11.2. The van der Waals surface area contributed by atoms with Crippen molar-refractivity contribution in [3.05, 3.63) is 0 Å². The van der Waals surface area contributed by atoms with Gasteiger partial charge in [0.2, 0.25) is 0 Å². The van der Waals surface area contributed by atoms with Gasteiger partial charge in [0.1, 0.15) is 0 Å². The molecule has 98 valence electrons. The predicted molar refractivity (Wildman–Crippen MR) is 69.7 cm³/mol. The highest BCUT2D eigenvalue weighted by atomic mass is 16.5. The minimum atomic E-state index is 0.141. The second-order valence-electron chi connectivity index (χ2n) is 4.67. The Bertz CT molecular complexity index is 126. The molecule has 0 amide bonds. The lowest BCUT2D eigenvalue weighted by Gasteiger charge is -2.11. The van der Waals surface area contributed by atoms with Crippen LogP contribution < -0.4 is 0 Å². The van der Waals surface area contributed by atoms with Crippen LogP contribution in [-0.2, 0) is 4.74 Å². The average Bonchev–Trinajstić information content (AvgIpc) is 2.30. The third-order valence-electron chi connectivity index (χ3n) is 2.96. The monoisotopic (exact) mass is 230 g/mol. The van der Waals surface area contributed by atoms with Crippen LogP contribution in [0.15, 0.2) is 0 Å². The first-order chi connectivity index (χ1) is 7.81. The summed E-state index contributed by atoms with van der Waals surface area (Å²) in [5.74, 6) is 0. The third-order valence-corrected chi connectivity index (χ3v) is 2.96. The Morgan fingerprint density at radius 3 is 2.06 bits per heavy atom. The van der Waals surface area contributed by atoms with Crippen molar-refractivity contribution in [2.75, 3.05) is 13.2 Å². The average molecular weight is 230 g/mol. The standard InChI is InChI=1S/C14H30O2/c1-3-4-5-6-7-8-9-10-11-14(2)16-13-12-15/h14-15H,3-13H2,1-2H3. The van der Waals surface area contributed by atoms with Crippen LogP contribution in [0, 0.1) is 0 Å². The number of ether oxygens (including phenoxy) is 1. The van der Waals surface area contributed by atoms with Crippen molar-refractivity contribution in [2.24, 2.45) is 0 Å². The van der Waals surface area contributed by atoms with Gasteiger partial charge in [-0.15, -0.1) is 0 Å². The van der Waals surface area contributed by atoms with Crippen LogP contribution in [0.25, 0.3) is 0 Å². The maximum atomic E-state index is 8.60. The van der Waals surface area contributed by atoms with Crippen molar-refractivity contribution < 1.29 is 9.84 Å². The fraction of sp³-hybridized carbons (Fsp3) is 1.00. The first-order valence-corrected chi connectivity index (χ1v) is 7.03. The SMILES string of the molecule is CCCCCCCCCCC(C)OCCO. The molecule has 0 aromatic rings. The minimum absolute atomic E-state index is 0.141. The number of hydrogen-bond donors (Lipinski definition) is 1. The van der Waals surface area contributed by atoms with Crippen molar-refractivity contribution in [1.29, 1.82) is 0 Å². The minimum Gasteiger partial charge on any atom is -0.394 e. The maximum Gasteiger partial charge on any atom is 0.0701 e. The van der Waals surface area contributed by atoms with Crippen molar-refractivity contribution in [3.8, 4) is 0 Å². The van der Waals surface area contributed by atoms with Gasteiger partial charge in [0.15, 0.2) is 0 Å². The molecule has 2 nitrogen and oxygen atoms in total. The van der Waals surface area contributed by atoms with Gasteiger partial charge in [0.25, 0.3) is 0 Å². The molecule has 0 bridgehead atoms. The summed E-state index contributed by atoms with van der Waals surface area (Å²) in [4.78, 5) is 0. The van der Waals surface area contributed by atoms with E-state index in [1.807, 2.05) is 0 Å². The summed E-state index contributed by atoms with van der Waals surface area (Å²) in [5, 5.41) is 8.60. The van der Waals surface area contributed by atoms with Crippen LogP contribution in [0.4, 0.5) is 0 Å². The molecule has 0 rings (SSSR count). The summed E-state index contributed by atoms with van der Waals surface area (Å²) < 4.78 is 5.40. The molecule has 0 aromatic carbocycles. The highest BCUT2D eigenvalue weighted by Gasteiger charge is 2.00. The first-order valence-electron chi connectivity index (χ1n) is 7.03. The van der Waals surface area contributed by atoms with E-state index in [-0.39, 0.29) is 6.61 Å². The van der Waals surface area contributed by atoms with Crippen molar-refractivity contribution in [3.63, 3.8) is 0 Å². The molecule has 1 unspecified atom stereocenters. The molecule has 16 heavy (non-hydrogen) atoms. The molecule has 1 atom stereocenters. The van der Waals surface area contributed by atoms with Crippen LogP contribution in [0.5, 0.6) is 0 Å². The van der Waals surface area contributed by atoms with E-state index in [0.717, 1.165) is 6.42 Å². The van der Waals surface area contributed by atoms with E-state index in [1.54, 1.807) is 0 Å². The predicted octanol–water partition coefficient (Wildman–Crippen LogP) is 3.91. The topological polar surface area (TPSA) is 29.5 Å². The number of hydrogen-bond acceptors (Lipinski definition) is 2. The molecule has 0 saturated carbocycles. The molecule has 0 heterocycles. The summed E-state index contributed by atoms with van der Waals surface area (Å²) in [5.41, 5.74) is 0. The summed E-state index contributed by atoms with van der Waals surface area (Å²) in [6.07, 6.45) is 12.4. The molecular weight excluding hydrogens is 200 g/mol. The van der Waals surface area contributed by atoms with Gasteiger partial charge >= 0.3 is 0 Å². The second-order valence-corrected chi connectivity index (χ2v) is 4.67. The Balaban J connectivity index is 3.02. The largest absolute Gasteiger partial charge is 0.394 e. The fourth-order valence-corrected chi connectivity index (χ4v) is 1.90. The Labute approximate surface area is 101 Å².